The Morgan fingerprint density at radius 3 is 2.58 bits per heavy atom. The van der Waals surface area contributed by atoms with E-state index in [1.807, 2.05) is 13.0 Å². The van der Waals surface area contributed by atoms with Crippen LogP contribution in [0.3, 0.4) is 0 Å². The fourth-order valence-electron chi connectivity index (χ4n) is 2.14. The van der Waals surface area contributed by atoms with Crippen LogP contribution in [0.2, 0.25) is 0 Å². The first kappa shape index (κ1) is 17.8. The lowest BCUT2D eigenvalue weighted by Crippen LogP contribution is -2.11. The Bertz CT molecular complexity index is 842. The average molecular weight is 350 g/mol. The van der Waals surface area contributed by atoms with Gasteiger partial charge in [-0.25, -0.2) is 13.2 Å². The number of aromatic hydroxyl groups is 1. The number of carbonyl (C=O) groups is 1. The fraction of sp³-hybridized carbons (Fsp3) is 0.235. The highest BCUT2D eigenvalue weighted by Crippen LogP contribution is 2.23. The molecular formula is C17H18O6S. The van der Waals surface area contributed by atoms with Gasteiger partial charge >= 0.3 is 5.97 Å². The molecule has 2 aromatic carbocycles. The van der Waals surface area contributed by atoms with Gasteiger partial charge in [-0.3, -0.25) is 0 Å². The molecule has 7 heteroatoms. The highest BCUT2D eigenvalue weighted by molar-refractivity contribution is 7.91. The van der Waals surface area contributed by atoms with Crippen molar-refractivity contribution in [1.82, 2.24) is 0 Å². The van der Waals surface area contributed by atoms with Gasteiger partial charge in [0.1, 0.15) is 17.1 Å². The zero-order valence-electron chi connectivity index (χ0n) is 13.1. The van der Waals surface area contributed by atoms with Crippen molar-refractivity contribution in [1.29, 1.82) is 0 Å². The van der Waals surface area contributed by atoms with E-state index in [4.69, 9.17) is 9.84 Å². The third kappa shape index (κ3) is 4.48. The summed E-state index contributed by atoms with van der Waals surface area (Å²) < 4.78 is 29.8. The van der Waals surface area contributed by atoms with E-state index in [1.54, 1.807) is 18.2 Å². The third-order valence-corrected chi connectivity index (χ3v) is 5.17. The van der Waals surface area contributed by atoms with Gasteiger partial charge in [0.15, 0.2) is 9.84 Å². The summed E-state index contributed by atoms with van der Waals surface area (Å²) >= 11 is 0. The van der Waals surface area contributed by atoms with Crippen molar-refractivity contribution in [3.8, 4) is 11.5 Å². The third-order valence-electron chi connectivity index (χ3n) is 3.37. The number of carboxylic acid groups (broad SMARTS) is 1. The highest BCUT2D eigenvalue weighted by atomic mass is 32.2. The number of aromatic carboxylic acids is 1. The van der Waals surface area contributed by atoms with Crippen LogP contribution in [0.5, 0.6) is 11.5 Å². The predicted octanol–water partition coefficient (Wildman–Crippen LogP) is 2.64. The second-order valence-corrected chi connectivity index (χ2v) is 7.43. The molecule has 0 spiro atoms. The minimum atomic E-state index is -3.38. The van der Waals surface area contributed by atoms with Crippen LogP contribution in [0, 0.1) is 6.92 Å². The summed E-state index contributed by atoms with van der Waals surface area (Å²) in [5.41, 5.74) is 0.609. The molecule has 0 unspecified atom stereocenters. The Balaban J connectivity index is 1.93. The number of phenols is 1. The molecule has 0 bridgehead atoms. The van der Waals surface area contributed by atoms with Crippen molar-refractivity contribution in [3.63, 3.8) is 0 Å². The number of ether oxygens (including phenoxy) is 1. The monoisotopic (exact) mass is 350 g/mol. The fourth-order valence-corrected chi connectivity index (χ4v) is 3.53. The lowest BCUT2D eigenvalue weighted by Gasteiger charge is -2.09. The van der Waals surface area contributed by atoms with Crippen molar-refractivity contribution in [2.75, 3.05) is 12.4 Å². The standard InChI is InChI=1S/C17H18O6S/c1-12-4-2-5-14(10-12)24(21,22)9-3-8-23-13-6-7-16(18)15(11-13)17(19)20/h2,4-7,10-11,18H,3,8-9H2,1H3,(H,19,20). The molecule has 0 aliphatic heterocycles. The largest absolute Gasteiger partial charge is 0.507 e. The molecule has 0 amide bonds. The van der Waals surface area contributed by atoms with E-state index in [2.05, 4.69) is 0 Å². The first-order valence-corrected chi connectivity index (χ1v) is 8.93. The molecule has 0 aliphatic rings. The topological polar surface area (TPSA) is 101 Å². The van der Waals surface area contributed by atoms with E-state index in [9.17, 15) is 18.3 Å². The van der Waals surface area contributed by atoms with Crippen LogP contribution in [0.4, 0.5) is 0 Å². The van der Waals surface area contributed by atoms with Crippen LogP contribution in [0.1, 0.15) is 22.3 Å². The van der Waals surface area contributed by atoms with Crippen molar-refractivity contribution >= 4 is 15.8 Å². The van der Waals surface area contributed by atoms with Crippen molar-refractivity contribution < 1.29 is 28.2 Å². The molecule has 0 radical (unpaired) electrons. The maximum absolute atomic E-state index is 12.2. The summed E-state index contributed by atoms with van der Waals surface area (Å²) in [6.45, 7) is 1.95. The van der Waals surface area contributed by atoms with Crippen molar-refractivity contribution in [3.05, 3.63) is 53.6 Å². The molecule has 0 aliphatic carbocycles. The molecule has 2 N–H and O–H groups in total. The van der Waals surface area contributed by atoms with Crippen LogP contribution in [-0.2, 0) is 9.84 Å². The zero-order valence-corrected chi connectivity index (χ0v) is 13.9. The lowest BCUT2D eigenvalue weighted by atomic mass is 10.2. The number of sulfone groups is 1. The van der Waals surface area contributed by atoms with E-state index in [1.165, 1.54) is 18.2 Å². The Labute approximate surface area is 140 Å². The van der Waals surface area contributed by atoms with Gasteiger partial charge in [0, 0.05) is 0 Å². The van der Waals surface area contributed by atoms with Gasteiger partial charge in [0.2, 0.25) is 0 Å². The van der Waals surface area contributed by atoms with Gasteiger partial charge in [-0.1, -0.05) is 12.1 Å². The van der Waals surface area contributed by atoms with Crippen LogP contribution in [-0.4, -0.2) is 37.0 Å². The molecule has 128 valence electrons. The van der Waals surface area contributed by atoms with Gasteiger partial charge in [0.25, 0.3) is 0 Å². The number of aryl methyl sites for hydroxylation is 1. The zero-order chi connectivity index (χ0) is 17.7. The average Bonchev–Trinajstić information content (AvgIpc) is 2.52. The van der Waals surface area contributed by atoms with Crippen LogP contribution in [0.25, 0.3) is 0 Å². The van der Waals surface area contributed by atoms with Crippen LogP contribution >= 0.6 is 0 Å². The van der Waals surface area contributed by atoms with Gasteiger partial charge in [-0.15, -0.1) is 0 Å². The molecule has 0 heterocycles. The minimum Gasteiger partial charge on any atom is -0.507 e. The quantitative estimate of drug-likeness (QED) is 0.745. The van der Waals surface area contributed by atoms with E-state index in [0.717, 1.165) is 5.56 Å². The minimum absolute atomic E-state index is 0.0691. The predicted molar refractivity (Wildman–Crippen MR) is 88.4 cm³/mol. The SMILES string of the molecule is Cc1cccc(S(=O)(=O)CCCOc2ccc(O)c(C(=O)O)c2)c1. The molecule has 6 nitrogen and oxygen atoms in total. The number of rotatable bonds is 7. The number of benzene rings is 2. The first-order valence-electron chi connectivity index (χ1n) is 7.28. The summed E-state index contributed by atoms with van der Waals surface area (Å²) in [5, 5.41) is 18.3. The molecule has 2 rings (SSSR count). The Morgan fingerprint density at radius 2 is 1.92 bits per heavy atom. The molecule has 24 heavy (non-hydrogen) atoms. The molecule has 0 saturated carbocycles. The smallest absolute Gasteiger partial charge is 0.339 e. The normalized spacial score (nSPS) is 11.2. The lowest BCUT2D eigenvalue weighted by molar-refractivity contribution is 0.0693. The maximum Gasteiger partial charge on any atom is 0.339 e. The summed E-state index contributed by atoms with van der Waals surface area (Å²) in [4.78, 5) is 11.2. The summed E-state index contributed by atoms with van der Waals surface area (Å²) in [6.07, 6.45) is 0.263. The summed E-state index contributed by atoms with van der Waals surface area (Å²) in [6, 6.07) is 10.6. The molecular weight excluding hydrogens is 332 g/mol. The molecule has 0 saturated heterocycles. The van der Waals surface area contributed by atoms with Crippen LogP contribution in [0.15, 0.2) is 47.4 Å². The second-order valence-electron chi connectivity index (χ2n) is 5.32. The molecule has 0 atom stereocenters. The maximum atomic E-state index is 12.2. The molecule has 2 aromatic rings. The number of hydrogen-bond acceptors (Lipinski definition) is 5. The van der Waals surface area contributed by atoms with E-state index < -0.39 is 15.8 Å². The number of carboxylic acids is 1. The van der Waals surface area contributed by atoms with Gasteiger partial charge in [-0.2, -0.15) is 0 Å². The Morgan fingerprint density at radius 1 is 1.17 bits per heavy atom. The summed E-state index contributed by atoms with van der Waals surface area (Å²) in [7, 11) is -3.38. The van der Waals surface area contributed by atoms with Gasteiger partial charge in [-0.05, 0) is 49.2 Å². The Kier molecular flexibility index (Phi) is 5.46. The second kappa shape index (κ2) is 7.35. The highest BCUT2D eigenvalue weighted by Gasteiger charge is 2.15. The van der Waals surface area contributed by atoms with Gasteiger partial charge in [0.05, 0.1) is 17.3 Å². The van der Waals surface area contributed by atoms with E-state index in [-0.39, 0.29) is 40.7 Å². The van der Waals surface area contributed by atoms with Gasteiger partial charge < -0.3 is 14.9 Å². The first-order chi connectivity index (χ1) is 11.3. The Hall–Kier alpha value is -2.54. The van der Waals surface area contributed by atoms with E-state index in [0.29, 0.717) is 0 Å². The molecule has 0 fully saturated rings. The van der Waals surface area contributed by atoms with Crippen molar-refractivity contribution in [2.45, 2.75) is 18.2 Å². The van der Waals surface area contributed by atoms with E-state index >= 15 is 0 Å². The number of hydrogen-bond donors (Lipinski definition) is 2. The van der Waals surface area contributed by atoms with Crippen LogP contribution < -0.4 is 4.74 Å². The summed E-state index contributed by atoms with van der Waals surface area (Å²) in [5.74, 6) is -1.42. The van der Waals surface area contributed by atoms with Crippen molar-refractivity contribution in [2.24, 2.45) is 0 Å². The molecule has 0 aromatic heterocycles.